The molecule has 0 aliphatic carbocycles. The van der Waals surface area contributed by atoms with Crippen molar-refractivity contribution in [3.8, 4) is 22.4 Å². The normalized spacial score (nSPS) is 12.1. The van der Waals surface area contributed by atoms with Gasteiger partial charge in [-0.25, -0.2) is 9.37 Å². The number of fused-ring (bicyclic) bond motifs is 1. The number of amides is 1. The minimum atomic E-state index is -0.743. The number of nitrogens with zero attached hydrogens (tertiary/aromatic N) is 5. The van der Waals surface area contributed by atoms with E-state index in [4.69, 9.17) is 5.10 Å². The van der Waals surface area contributed by atoms with Crippen molar-refractivity contribution < 1.29 is 9.18 Å². The first kappa shape index (κ1) is 31.6. The second kappa shape index (κ2) is 13.3. The first-order chi connectivity index (χ1) is 25.0. The summed E-state index contributed by atoms with van der Waals surface area (Å²) in [5.74, 6) is -1.13. The number of hydrogen-bond donors (Lipinski definition) is 1. The molecule has 0 aliphatic heterocycles. The van der Waals surface area contributed by atoms with Crippen molar-refractivity contribution in [1.82, 2.24) is 29.5 Å². The van der Waals surface area contributed by atoms with E-state index in [2.05, 4.69) is 94.3 Å². The highest BCUT2D eigenvalue weighted by atomic mass is 19.1. The average molecular weight is 669 g/mol. The van der Waals surface area contributed by atoms with Crippen LogP contribution in [0.4, 0.5) is 4.39 Å². The lowest BCUT2D eigenvalue weighted by Gasteiger charge is -2.36. The van der Waals surface area contributed by atoms with E-state index in [-0.39, 0.29) is 11.6 Å². The van der Waals surface area contributed by atoms with Gasteiger partial charge in [0.05, 0.1) is 35.4 Å². The second-order valence-electron chi connectivity index (χ2n) is 12.4. The van der Waals surface area contributed by atoms with Crippen LogP contribution in [0.15, 0.2) is 171 Å². The van der Waals surface area contributed by atoms with E-state index in [0.717, 1.165) is 27.8 Å². The fraction of sp³-hybridized carbons (Fsp3) is 0.0698. The summed E-state index contributed by atoms with van der Waals surface area (Å²) in [7, 11) is 0. The highest BCUT2D eigenvalue weighted by Gasteiger charge is 2.39. The Morgan fingerprint density at radius 3 is 1.92 bits per heavy atom. The Morgan fingerprint density at radius 2 is 1.31 bits per heavy atom. The van der Waals surface area contributed by atoms with Gasteiger partial charge in [-0.05, 0) is 60.0 Å². The quantitative estimate of drug-likeness (QED) is 0.156. The molecule has 0 saturated heterocycles. The lowest BCUT2D eigenvalue weighted by Crippen LogP contribution is -2.38. The number of halogens is 1. The molecule has 1 N–H and O–H groups in total. The van der Waals surface area contributed by atoms with E-state index in [1.807, 2.05) is 70.9 Å². The standard InChI is InChI=1S/C43H33FN6O/c1-30(39-19-11-12-24-45-39)48-42(51)37-22-20-31(25-38(37)44)40-27-46-41-23-21-32(28-49(40)41)33-26-47-50(29-33)43(34-13-5-2-6-14-34,35-15-7-3-8-16-35)36-17-9-4-10-18-36/h2-30H,1H3,(H,48,51). The number of pyridine rings is 2. The van der Waals surface area contributed by atoms with Crippen LogP contribution in [-0.2, 0) is 5.54 Å². The molecule has 248 valence electrons. The number of aromatic nitrogens is 5. The summed E-state index contributed by atoms with van der Waals surface area (Å²) < 4.78 is 19.5. The van der Waals surface area contributed by atoms with Crippen molar-refractivity contribution in [2.24, 2.45) is 0 Å². The van der Waals surface area contributed by atoms with Gasteiger partial charge < -0.3 is 5.32 Å². The zero-order chi connectivity index (χ0) is 34.8. The summed E-state index contributed by atoms with van der Waals surface area (Å²) in [4.78, 5) is 21.9. The van der Waals surface area contributed by atoms with Crippen molar-refractivity contribution in [3.05, 3.63) is 204 Å². The van der Waals surface area contributed by atoms with Crippen LogP contribution in [0.25, 0.3) is 28.0 Å². The molecule has 8 heteroatoms. The molecule has 0 aliphatic rings. The molecule has 8 rings (SSSR count). The number of hydrogen-bond acceptors (Lipinski definition) is 4. The summed E-state index contributed by atoms with van der Waals surface area (Å²) in [6.45, 7) is 1.82. The molecule has 0 radical (unpaired) electrons. The van der Waals surface area contributed by atoms with Crippen LogP contribution in [0.1, 0.15) is 45.7 Å². The number of rotatable bonds is 9. The first-order valence-electron chi connectivity index (χ1n) is 16.7. The molecule has 0 spiro atoms. The van der Waals surface area contributed by atoms with Gasteiger partial charge in [-0.15, -0.1) is 0 Å². The van der Waals surface area contributed by atoms with Gasteiger partial charge in [0.25, 0.3) is 5.91 Å². The number of nitrogens with one attached hydrogen (secondary N) is 1. The first-order valence-corrected chi connectivity index (χ1v) is 16.7. The van der Waals surface area contributed by atoms with Crippen molar-refractivity contribution >= 4 is 11.6 Å². The maximum Gasteiger partial charge on any atom is 0.254 e. The molecule has 51 heavy (non-hydrogen) atoms. The molecule has 4 aromatic carbocycles. The summed E-state index contributed by atoms with van der Waals surface area (Å²) >= 11 is 0. The van der Waals surface area contributed by atoms with E-state index in [0.29, 0.717) is 22.6 Å². The summed E-state index contributed by atoms with van der Waals surface area (Å²) in [6.07, 6.45) is 9.31. The Labute approximate surface area is 294 Å². The van der Waals surface area contributed by atoms with Crippen LogP contribution < -0.4 is 5.32 Å². The third-order valence-electron chi connectivity index (χ3n) is 9.33. The van der Waals surface area contributed by atoms with Gasteiger partial charge in [0, 0.05) is 35.3 Å². The number of imidazole rings is 1. The van der Waals surface area contributed by atoms with Gasteiger partial charge in [-0.1, -0.05) is 103 Å². The second-order valence-corrected chi connectivity index (χ2v) is 12.4. The van der Waals surface area contributed by atoms with E-state index >= 15 is 4.39 Å². The monoisotopic (exact) mass is 668 g/mol. The van der Waals surface area contributed by atoms with Crippen LogP contribution >= 0.6 is 0 Å². The van der Waals surface area contributed by atoms with Gasteiger partial charge in [0.1, 0.15) is 17.0 Å². The largest absolute Gasteiger partial charge is 0.344 e. The van der Waals surface area contributed by atoms with Crippen LogP contribution in [0.3, 0.4) is 0 Å². The maximum atomic E-state index is 15.5. The Balaban J connectivity index is 1.16. The van der Waals surface area contributed by atoms with Gasteiger partial charge in [0.2, 0.25) is 0 Å². The fourth-order valence-corrected chi connectivity index (χ4v) is 6.79. The molecule has 0 saturated carbocycles. The van der Waals surface area contributed by atoms with Crippen molar-refractivity contribution in [1.29, 1.82) is 0 Å². The van der Waals surface area contributed by atoms with Gasteiger partial charge in [-0.2, -0.15) is 5.10 Å². The predicted octanol–water partition coefficient (Wildman–Crippen LogP) is 8.73. The van der Waals surface area contributed by atoms with E-state index in [1.165, 1.54) is 12.1 Å². The van der Waals surface area contributed by atoms with Gasteiger partial charge in [0.15, 0.2) is 0 Å². The zero-order valence-electron chi connectivity index (χ0n) is 27.8. The maximum absolute atomic E-state index is 15.5. The smallest absolute Gasteiger partial charge is 0.254 e. The van der Waals surface area contributed by atoms with Gasteiger partial charge >= 0.3 is 0 Å². The molecule has 1 atom stereocenters. The molecule has 7 nitrogen and oxygen atoms in total. The zero-order valence-corrected chi connectivity index (χ0v) is 27.8. The van der Waals surface area contributed by atoms with Crippen LogP contribution in [0.5, 0.6) is 0 Å². The molecule has 4 aromatic heterocycles. The molecule has 4 heterocycles. The third kappa shape index (κ3) is 5.76. The molecule has 8 aromatic rings. The van der Waals surface area contributed by atoms with Gasteiger partial charge in [-0.3, -0.25) is 18.9 Å². The number of carbonyl (C=O) groups excluding carboxylic acids is 1. The lowest BCUT2D eigenvalue weighted by atomic mass is 9.77. The lowest BCUT2D eigenvalue weighted by molar-refractivity contribution is 0.0935. The van der Waals surface area contributed by atoms with E-state index < -0.39 is 17.3 Å². The number of carbonyl (C=O) groups is 1. The minimum Gasteiger partial charge on any atom is -0.344 e. The number of benzene rings is 4. The Bertz CT molecular complexity index is 2350. The minimum absolute atomic E-state index is 0.0396. The third-order valence-corrected chi connectivity index (χ3v) is 9.33. The fourth-order valence-electron chi connectivity index (χ4n) is 6.79. The molecule has 0 fully saturated rings. The molecular formula is C43H33FN6O. The SMILES string of the molecule is CC(NC(=O)c1ccc(-c2cnc3ccc(-c4cnn(C(c5ccccc5)(c5ccccc5)c5ccccc5)c4)cn23)cc1F)c1ccccn1. The van der Waals surface area contributed by atoms with E-state index in [9.17, 15) is 4.79 Å². The summed E-state index contributed by atoms with van der Waals surface area (Å²) in [5.41, 5.74) is 6.97. The summed E-state index contributed by atoms with van der Waals surface area (Å²) in [6, 6.07) is 44.9. The molecule has 1 amide bonds. The predicted molar refractivity (Wildman–Crippen MR) is 197 cm³/mol. The molecular weight excluding hydrogens is 636 g/mol. The Hall–Kier alpha value is -6.67. The highest BCUT2D eigenvalue weighted by molar-refractivity contribution is 5.95. The van der Waals surface area contributed by atoms with Crippen molar-refractivity contribution in [2.75, 3.05) is 0 Å². The van der Waals surface area contributed by atoms with E-state index in [1.54, 1.807) is 24.5 Å². The van der Waals surface area contributed by atoms with Crippen molar-refractivity contribution in [3.63, 3.8) is 0 Å². The highest BCUT2D eigenvalue weighted by Crippen LogP contribution is 2.41. The molecule has 0 bridgehead atoms. The van der Waals surface area contributed by atoms with Crippen LogP contribution in [-0.4, -0.2) is 30.1 Å². The van der Waals surface area contributed by atoms with Crippen molar-refractivity contribution in [2.45, 2.75) is 18.5 Å². The Morgan fingerprint density at radius 1 is 0.686 bits per heavy atom. The topological polar surface area (TPSA) is 77.1 Å². The van der Waals surface area contributed by atoms with Crippen LogP contribution in [0, 0.1) is 5.82 Å². The average Bonchev–Trinajstić information content (AvgIpc) is 3.85. The molecule has 1 unspecified atom stereocenters. The summed E-state index contributed by atoms with van der Waals surface area (Å²) in [5, 5.41) is 7.86. The Kier molecular flexibility index (Phi) is 8.25. The van der Waals surface area contributed by atoms with Crippen LogP contribution in [0.2, 0.25) is 0 Å².